The molecular weight excluding hydrogens is 424 g/mol. The molecule has 180 valence electrons. The number of fused-ring (bicyclic) bond motifs is 1. The summed E-state index contributed by atoms with van der Waals surface area (Å²) in [6, 6.07) is 0. The van der Waals surface area contributed by atoms with Gasteiger partial charge in [0.1, 0.15) is 11.9 Å². The highest BCUT2D eigenvalue weighted by atomic mass is 16.5. The summed E-state index contributed by atoms with van der Waals surface area (Å²) in [5.74, 6) is 0.330. The molecule has 4 aliphatic rings. The lowest BCUT2D eigenvalue weighted by Gasteiger charge is -2.51. The fraction of sp³-hybridized carbons (Fsp3) is 0.433. The minimum absolute atomic E-state index is 0.0653. The van der Waals surface area contributed by atoms with Crippen LogP contribution in [-0.4, -0.2) is 16.0 Å². The van der Waals surface area contributed by atoms with E-state index in [2.05, 4.69) is 32.6 Å². The maximum Gasteiger partial charge on any atom is 0.185 e. The fourth-order valence-corrected chi connectivity index (χ4v) is 5.47. The van der Waals surface area contributed by atoms with E-state index in [9.17, 15) is 15.0 Å². The van der Waals surface area contributed by atoms with Gasteiger partial charge in [-0.1, -0.05) is 49.3 Å². The molecule has 1 fully saturated rings. The quantitative estimate of drug-likeness (QED) is 0.361. The molecule has 0 amide bonds. The van der Waals surface area contributed by atoms with Gasteiger partial charge in [-0.3, -0.25) is 4.79 Å². The van der Waals surface area contributed by atoms with Crippen molar-refractivity contribution in [2.75, 3.05) is 0 Å². The van der Waals surface area contributed by atoms with Crippen LogP contribution in [0.15, 0.2) is 59.4 Å². The van der Waals surface area contributed by atoms with Crippen molar-refractivity contribution < 1.29 is 19.7 Å². The van der Waals surface area contributed by atoms with Crippen LogP contribution in [0, 0.1) is 5.41 Å². The Bertz CT molecular complexity index is 1200. The summed E-state index contributed by atoms with van der Waals surface area (Å²) in [5.41, 5.74) is 5.09. The monoisotopic (exact) mass is 460 g/mol. The van der Waals surface area contributed by atoms with Gasteiger partial charge in [-0.2, -0.15) is 0 Å². The Kier molecular flexibility index (Phi) is 5.91. The van der Waals surface area contributed by atoms with Crippen molar-refractivity contribution in [1.29, 1.82) is 0 Å². The van der Waals surface area contributed by atoms with Gasteiger partial charge in [0.15, 0.2) is 17.3 Å². The number of ketones is 1. The third-order valence-electron chi connectivity index (χ3n) is 7.54. The van der Waals surface area contributed by atoms with Crippen LogP contribution < -0.4 is 0 Å². The average Bonchev–Trinajstić information content (AvgIpc) is 2.78. The van der Waals surface area contributed by atoms with E-state index in [1.54, 1.807) is 12.2 Å². The Morgan fingerprint density at radius 3 is 2.32 bits per heavy atom. The van der Waals surface area contributed by atoms with E-state index in [-0.39, 0.29) is 23.4 Å². The van der Waals surface area contributed by atoms with Crippen LogP contribution in [0.3, 0.4) is 0 Å². The predicted molar refractivity (Wildman–Crippen MR) is 136 cm³/mol. The predicted octanol–water partition coefficient (Wildman–Crippen LogP) is 6.82. The Balaban J connectivity index is 2.05. The topological polar surface area (TPSA) is 66.8 Å². The van der Waals surface area contributed by atoms with E-state index in [1.165, 1.54) is 5.57 Å². The van der Waals surface area contributed by atoms with Crippen LogP contribution in [0.5, 0.6) is 11.5 Å². The highest BCUT2D eigenvalue weighted by Gasteiger charge is 2.55. The van der Waals surface area contributed by atoms with E-state index in [4.69, 9.17) is 4.74 Å². The van der Waals surface area contributed by atoms with E-state index >= 15 is 0 Å². The van der Waals surface area contributed by atoms with Gasteiger partial charge in [0, 0.05) is 33.8 Å². The fourth-order valence-electron chi connectivity index (χ4n) is 5.47. The second-order valence-electron chi connectivity index (χ2n) is 10.9. The zero-order valence-corrected chi connectivity index (χ0v) is 21.2. The molecule has 4 nitrogen and oxygen atoms in total. The summed E-state index contributed by atoms with van der Waals surface area (Å²) < 4.78 is 6.44. The highest BCUT2D eigenvalue weighted by molar-refractivity contribution is 6.07. The molecule has 2 aliphatic heterocycles. The molecule has 0 aromatic heterocycles. The van der Waals surface area contributed by atoms with Crippen molar-refractivity contribution >= 4 is 5.78 Å². The maximum absolute atomic E-state index is 13.0. The number of rotatable bonds is 6. The van der Waals surface area contributed by atoms with Crippen LogP contribution in [0.1, 0.15) is 82.7 Å². The van der Waals surface area contributed by atoms with Crippen molar-refractivity contribution in [3.63, 3.8) is 0 Å². The lowest BCUT2D eigenvalue weighted by Crippen LogP contribution is -2.44. The zero-order chi connectivity index (χ0) is 25.0. The van der Waals surface area contributed by atoms with Crippen molar-refractivity contribution in [1.82, 2.24) is 0 Å². The van der Waals surface area contributed by atoms with Gasteiger partial charge in [-0.15, -0.1) is 6.58 Å². The molecule has 5 rings (SSSR count). The van der Waals surface area contributed by atoms with Crippen molar-refractivity contribution in [3.8, 4) is 11.5 Å². The number of ether oxygens (including phenoxy) is 1. The number of carbonyl (C=O) groups is 1. The number of phenols is 2. The molecule has 2 atom stereocenters. The second kappa shape index (κ2) is 8.33. The van der Waals surface area contributed by atoms with Crippen molar-refractivity contribution in [2.24, 2.45) is 5.41 Å². The Morgan fingerprint density at radius 1 is 1.12 bits per heavy atom. The summed E-state index contributed by atoms with van der Waals surface area (Å²) in [6.45, 7) is 16.0. The van der Waals surface area contributed by atoms with Gasteiger partial charge < -0.3 is 14.9 Å². The molecule has 1 spiro atoms. The Morgan fingerprint density at radius 2 is 1.74 bits per heavy atom. The first-order valence-electron chi connectivity index (χ1n) is 12.1. The third kappa shape index (κ3) is 3.64. The van der Waals surface area contributed by atoms with Crippen molar-refractivity contribution in [3.05, 3.63) is 81.7 Å². The summed E-state index contributed by atoms with van der Waals surface area (Å²) >= 11 is 0. The largest absolute Gasteiger partial charge is 0.504 e. The molecule has 0 unspecified atom stereocenters. The number of benzene rings is 1. The number of hydrogen-bond acceptors (Lipinski definition) is 4. The number of phenolic OH excluding ortho intramolecular Hbond substituents is 2. The third-order valence-corrected chi connectivity index (χ3v) is 7.54. The molecule has 0 saturated carbocycles. The maximum atomic E-state index is 13.0. The van der Waals surface area contributed by atoms with E-state index in [0.29, 0.717) is 36.2 Å². The first kappa shape index (κ1) is 24.1. The normalized spacial score (nSPS) is 22.6. The van der Waals surface area contributed by atoms with Crippen LogP contribution >= 0.6 is 0 Å². The molecule has 0 radical (unpaired) electrons. The molecule has 4 heteroatoms. The van der Waals surface area contributed by atoms with Crippen LogP contribution in [-0.2, 0) is 27.8 Å². The van der Waals surface area contributed by atoms with E-state index in [0.717, 1.165) is 28.7 Å². The SMILES string of the molecule is C=CC(C)(C)C1=C[C@@]23CC[C@@H](OC2=CC1=O)c1c(CC=C(C)C)c(CC=C(C)C)c(O)c(O)c13. The standard InChI is InChI=1S/C30H36O4/c1-8-29(6,7)21-16-30-14-13-23(34-24(30)15-22(21)31)25-19(11-9-17(2)3)20(12-10-18(4)5)27(32)28(33)26(25)30/h8-10,15-16,23,32-33H,1,11-14H2,2-7H3/t23-,30+/m1/s1. The summed E-state index contributed by atoms with van der Waals surface area (Å²) in [6.07, 6.45) is 12.0. The molecule has 2 aliphatic carbocycles. The van der Waals surface area contributed by atoms with E-state index in [1.807, 2.05) is 33.8 Å². The lowest BCUT2D eigenvalue weighted by atomic mass is 9.59. The molecule has 1 saturated heterocycles. The van der Waals surface area contributed by atoms with Crippen LogP contribution in [0.2, 0.25) is 0 Å². The zero-order valence-electron chi connectivity index (χ0n) is 21.2. The molecule has 2 N–H and O–H groups in total. The molecule has 2 heterocycles. The number of allylic oxidation sites excluding steroid dienone is 8. The Hall–Kier alpha value is -3.01. The highest BCUT2D eigenvalue weighted by Crippen LogP contribution is 2.62. The average molecular weight is 461 g/mol. The molecule has 2 bridgehead atoms. The van der Waals surface area contributed by atoms with Gasteiger partial charge >= 0.3 is 0 Å². The minimum Gasteiger partial charge on any atom is -0.504 e. The molecule has 1 aromatic carbocycles. The number of hydrogen-bond donors (Lipinski definition) is 2. The Labute approximate surface area is 203 Å². The summed E-state index contributed by atoms with van der Waals surface area (Å²) in [7, 11) is 0. The van der Waals surface area contributed by atoms with Gasteiger partial charge in [0.05, 0.1) is 5.41 Å². The minimum atomic E-state index is -0.774. The summed E-state index contributed by atoms with van der Waals surface area (Å²) in [5, 5.41) is 22.7. The van der Waals surface area contributed by atoms with Gasteiger partial charge in [0.25, 0.3) is 0 Å². The smallest absolute Gasteiger partial charge is 0.185 e. The van der Waals surface area contributed by atoms with Gasteiger partial charge in [-0.05, 0) is 58.9 Å². The van der Waals surface area contributed by atoms with E-state index < -0.39 is 10.8 Å². The lowest BCUT2D eigenvalue weighted by molar-refractivity contribution is -0.113. The molecular formula is C30H36O4. The number of aromatic hydroxyl groups is 2. The van der Waals surface area contributed by atoms with Gasteiger partial charge in [-0.25, -0.2) is 0 Å². The summed E-state index contributed by atoms with van der Waals surface area (Å²) in [4.78, 5) is 13.0. The van der Waals surface area contributed by atoms with Crippen LogP contribution in [0.4, 0.5) is 0 Å². The first-order chi connectivity index (χ1) is 15.9. The van der Waals surface area contributed by atoms with Crippen molar-refractivity contribution in [2.45, 2.75) is 78.7 Å². The molecule has 34 heavy (non-hydrogen) atoms. The molecule has 1 aromatic rings. The van der Waals surface area contributed by atoms with Crippen LogP contribution in [0.25, 0.3) is 0 Å². The second-order valence-corrected chi connectivity index (χ2v) is 10.9. The van der Waals surface area contributed by atoms with Gasteiger partial charge in [0.2, 0.25) is 0 Å². The number of carbonyl (C=O) groups excluding carboxylic acids is 1. The first-order valence-corrected chi connectivity index (χ1v) is 12.1.